The quantitative estimate of drug-likeness (QED) is 0.942. The molecule has 0 radical (unpaired) electrons. The highest BCUT2D eigenvalue weighted by molar-refractivity contribution is 9.10. The number of amides is 1. The summed E-state index contributed by atoms with van der Waals surface area (Å²) in [5.41, 5.74) is 0.634. The Kier molecular flexibility index (Phi) is 4.15. The number of nitrogens with one attached hydrogen (secondary N) is 1. The lowest BCUT2D eigenvalue weighted by Crippen LogP contribution is -2.17. The Bertz CT molecular complexity index is 536. The summed E-state index contributed by atoms with van der Waals surface area (Å²) in [7, 11) is 0. The molecule has 0 fully saturated rings. The van der Waals surface area contributed by atoms with E-state index in [0.29, 0.717) is 11.5 Å². The van der Waals surface area contributed by atoms with Gasteiger partial charge < -0.3 is 9.88 Å². The number of halogens is 1. The molecule has 2 aromatic rings. The van der Waals surface area contributed by atoms with Crippen molar-refractivity contribution in [2.24, 2.45) is 0 Å². The molecule has 1 N–H and O–H groups in total. The minimum atomic E-state index is -0.146. The van der Waals surface area contributed by atoms with Gasteiger partial charge in [0.25, 0.3) is 5.91 Å². The predicted octanol–water partition coefficient (Wildman–Crippen LogP) is 3.31. The van der Waals surface area contributed by atoms with Crippen LogP contribution in [0.3, 0.4) is 0 Å². The summed E-state index contributed by atoms with van der Waals surface area (Å²) in [5.74, 6) is 0.413. The van der Waals surface area contributed by atoms with Crippen LogP contribution in [-0.4, -0.2) is 15.5 Å². The van der Waals surface area contributed by atoms with E-state index in [1.54, 1.807) is 12.3 Å². The van der Waals surface area contributed by atoms with Crippen LogP contribution in [0.25, 0.3) is 0 Å². The van der Waals surface area contributed by atoms with Crippen molar-refractivity contribution < 1.29 is 4.79 Å². The van der Waals surface area contributed by atoms with E-state index in [1.807, 2.05) is 29.0 Å². The van der Waals surface area contributed by atoms with E-state index in [0.717, 1.165) is 17.4 Å². The van der Waals surface area contributed by atoms with Crippen molar-refractivity contribution in [1.82, 2.24) is 9.55 Å². The minimum Gasteiger partial charge on any atom is -0.342 e. The van der Waals surface area contributed by atoms with Crippen molar-refractivity contribution in [2.45, 2.75) is 19.9 Å². The molecule has 5 heteroatoms. The van der Waals surface area contributed by atoms with Gasteiger partial charge in [0.15, 0.2) is 0 Å². The first-order valence-electron chi connectivity index (χ1n) is 5.78. The molecule has 4 nitrogen and oxygen atoms in total. The predicted molar refractivity (Wildman–Crippen MR) is 74.6 cm³/mol. The normalized spacial score (nSPS) is 10.3. The van der Waals surface area contributed by atoms with Crippen molar-refractivity contribution in [3.05, 3.63) is 46.8 Å². The van der Waals surface area contributed by atoms with Crippen LogP contribution in [0.1, 0.15) is 23.8 Å². The maximum Gasteiger partial charge on any atom is 0.273 e. The third-order valence-electron chi connectivity index (χ3n) is 2.47. The standard InChI is InChI=1S/C13H14BrN3O/c1-2-7-17-9-10(14)8-11(17)13(18)16-12-5-3-4-6-15-12/h3-6,8-9H,2,7H2,1H3,(H,15,16,18). The van der Waals surface area contributed by atoms with Crippen LogP contribution in [0.15, 0.2) is 41.1 Å². The molecule has 18 heavy (non-hydrogen) atoms. The summed E-state index contributed by atoms with van der Waals surface area (Å²) in [6.07, 6.45) is 4.54. The van der Waals surface area contributed by atoms with E-state index in [4.69, 9.17) is 0 Å². The number of pyridine rings is 1. The molecule has 0 aliphatic carbocycles. The number of hydrogen-bond acceptors (Lipinski definition) is 2. The fourth-order valence-corrected chi connectivity index (χ4v) is 2.17. The summed E-state index contributed by atoms with van der Waals surface area (Å²) >= 11 is 3.39. The summed E-state index contributed by atoms with van der Waals surface area (Å²) in [4.78, 5) is 16.2. The maximum absolute atomic E-state index is 12.1. The Balaban J connectivity index is 2.18. The van der Waals surface area contributed by atoms with Gasteiger partial charge in [-0.2, -0.15) is 0 Å². The van der Waals surface area contributed by atoms with E-state index in [9.17, 15) is 4.79 Å². The zero-order valence-electron chi connectivity index (χ0n) is 10.1. The third kappa shape index (κ3) is 2.98. The maximum atomic E-state index is 12.1. The monoisotopic (exact) mass is 307 g/mol. The van der Waals surface area contributed by atoms with Gasteiger partial charge in [0.05, 0.1) is 0 Å². The van der Waals surface area contributed by atoms with Crippen molar-refractivity contribution >= 4 is 27.7 Å². The van der Waals surface area contributed by atoms with Crippen LogP contribution < -0.4 is 5.32 Å². The first kappa shape index (κ1) is 12.8. The van der Waals surface area contributed by atoms with Gasteiger partial charge >= 0.3 is 0 Å². The number of aryl methyl sites for hydroxylation is 1. The van der Waals surface area contributed by atoms with Gasteiger partial charge in [-0.25, -0.2) is 4.98 Å². The van der Waals surface area contributed by atoms with Crippen LogP contribution in [0.5, 0.6) is 0 Å². The Labute approximate surface area is 114 Å². The van der Waals surface area contributed by atoms with Crippen molar-refractivity contribution in [3.63, 3.8) is 0 Å². The Morgan fingerprint density at radius 1 is 1.50 bits per heavy atom. The summed E-state index contributed by atoms with van der Waals surface area (Å²) in [6.45, 7) is 2.89. The second kappa shape index (κ2) is 5.82. The molecule has 0 atom stereocenters. The van der Waals surface area contributed by atoms with E-state index in [1.165, 1.54) is 0 Å². The van der Waals surface area contributed by atoms with E-state index < -0.39 is 0 Å². The van der Waals surface area contributed by atoms with E-state index in [-0.39, 0.29) is 5.91 Å². The molecule has 0 aliphatic rings. The summed E-state index contributed by atoms with van der Waals surface area (Å²) < 4.78 is 2.84. The average Bonchev–Trinajstić information content (AvgIpc) is 2.72. The number of carbonyl (C=O) groups excluding carboxylic acids is 1. The van der Waals surface area contributed by atoms with Crippen molar-refractivity contribution in [2.75, 3.05) is 5.32 Å². The Hall–Kier alpha value is -1.62. The van der Waals surface area contributed by atoms with Gasteiger partial charge in [-0.05, 0) is 40.5 Å². The van der Waals surface area contributed by atoms with Gasteiger partial charge in [0, 0.05) is 23.4 Å². The second-order valence-electron chi connectivity index (χ2n) is 3.91. The molecule has 0 spiro atoms. The van der Waals surface area contributed by atoms with Gasteiger partial charge in [-0.15, -0.1) is 0 Å². The molecule has 0 aromatic carbocycles. The highest BCUT2D eigenvalue weighted by Crippen LogP contribution is 2.16. The highest BCUT2D eigenvalue weighted by Gasteiger charge is 2.13. The fourth-order valence-electron chi connectivity index (χ4n) is 1.71. The number of rotatable bonds is 4. The number of hydrogen-bond donors (Lipinski definition) is 1. The lowest BCUT2D eigenvalue weighted by Gasteiger charge is -2.07. The smallest absolute Gasteiger partial charge is 0.273 e. The molecular formula is C13H14BrN3O. The van der Waals surface area contributed by atoms with Gasteiger partial charge in [0.1, 0.15) is 11.5 Å². The molecule has 2 rings (SSSR count). The van der Waals surface area contributed by atoms with E-state index >= 15 is 0 Å². The molecule has 0 unspecified atom stereocenters. The molecule has 1 amide bonds. The first-order valence-corrected chi connectivity index (χ1v) is 6.58. The van der Waals surface area contributed by atoms with Crippen molar-refractivity contribution in [3.8, 4) is 0 Å². The third-order valence-corrected chi connectivity index (χ3v) is 2.90. The van der Waals surface area contributed by atoms with Crippen LogP contribution in [0, 0.1) is 0 Å². The molecule has 2 heterocycles. The number of aromatic nitrogens is 2. The lowest BCUT2D eigenvalue weighted by molar-refractivity contribution is 0.101. The number of carbonyl (C=O) groups is 1. The Morgan fingerprint density at radius 3 is 3.00 bits per heavy atom. The van der Waals surface area contributed by atoms with Crippen LogP contribution >= 0.6 is 15.9 Å². The highest BCUT2D eigenvalue weighted by atomic mass is 79.9. The number of nitrogens with zero attached hydrogens (tertiary/aromatic N) is 2. The molecule has 0 saturated carbocycles. The Morgan fingerprint density at radius 2 is 2.33 bits per heavy atom. The molecular weight excluding hydrogens is 294 g/mol. The SMILES string of the molecule is CCCn1cc(Br)cc1C(=O)Nc1ccccn1. The number of anilines is 1. The zero-order valence-corrected chi connectivity index (χ0v) is 11.6. The van der Waals surface area contributed by atoms with Crippen LogP contribution in [-0.2, 0) is 6.54 Å². The van der Waals surface area contributed by atoms with Crippen LogP contribution in [0.4, 0.5) is 5.82 Å². The van der Waals surface area contributed by atoms with E-state index in [2.05, 4.69) is 33.2 Å². The molecule has 2 aromatic heterocycles. The lowest BCUT2D eigenvalue weighted by atomic mass is 10.3. The van der Waals surface area contributed by atoms with Gasteiger partial charge in [-0.1, -0.05) is 13.0 Å². The van der Waals surface area contributed by atoms with Gasteiger partial charge in [-0.3, -0.25) is 4.79 Å². The van der Waals surface area contributed by atoms with Crippen LogP contribution in [0.2, 0.25) is 0 Å². The molecule has 0 aliphatic heterocycles. The first-order chi connectivity index (χ1) is 8.70. The fraction of sp³-hybridized carbons (Fsp3) is 0.231. The minimum absolute atomic E-state index is 0.146. The zero-order chi connectivity index (χ0) is 13.0. The molecule has 0 saturated heterocycles. The van der Waals surface area contributed by atoms with Crippen molar-refractivity contribution in [1.29, 1.82) is 0 Å². The van der Waals surface area contributed by atoms with Gasteiger partial charge in [0.2, 0.25) is 0 Å². The second-order valence-corrected chi connectivity index (χ2v) is 4.82. The molecule has 94 valence electrons. The summed E-state index contributed by atoms with van der Waals surface area (Å²) in [5, 5.41) is 2.78. The molecule has 0 bridgehead atoms. The topological polar surface area (TPSA) is 46.9 Å². The largest absolute Gasteiger partial charge is 0.342 e. The average molecular weight is 308 g/mol. The summed E-state index contributed by atoms with van der Waals surface area (Å²) in [6, 6.07) is 7.23.